The van der Waals surface area contributed by atoms with Crippen molar-refractivity contribution < 1.29 is 27.9 Å². The molecule has 2 aliphatic rings. The summed E-state index contributed by atoms with van der Waals surface area (Å²) in [4.78, 5) is 40.9. The van der Waals surface area contributed by atoms with Crippen molar-refractivity contribution in [2.24, 2.45) is 0 Å². The van der Waals surface area contributed by atoms with Gasteiger partial charge in [0.2, 0.25) is 0 Å². The average Bonchev–Trinajstić information content (AvgIpc) is 3.34. The molecule has 5 rings (SSSR count). The smallest absolute Gasteiger partial charge is 0.306 e. The molecule has 2 N–H and O–H groups in total. The second-order valence-corrected chi connectivity index (χ2v) is 8.88. The van der Waals surface area contributed by atoms with Gasteiger partial charge in [0, 0.05) is 47.1 Å². The standard InChI is InChI=1S/C28H24F2N2O4/c1-2-36-26(34)9-8-20-24(31-22-4-3-5-25(33)27(20)22)14-21-19-7-6-15(12-23(19)32-28(21)35)16-10-17(29)13-18(30)11-16/h6-7,10-14,31H,2-5,8-9H2,1H3,(H,32,35)/b21-14-. The first kappa shape index (κ1) is 23.7. The first-order valence-electron chi connectivity index (χ1n) is 11.9. The number of amides is 1. The molecule has 0 bridgehead atoms. The predicted molar refractivity (Wildman–Crippen MR) is 131 cm³/mol. The van der Waals surface area contributed by atoms with Gasteiger partial charge >= 0.3 is 5.97 Å². The van der Waals surface area contributed by atoms with E-state index in [1.54, 1.807) is 31.2 Å². The third-order valence-electron chi connectivity index (χ3n) is 6.50. The van der Waals surface area contributed by atoms with Gasteiger partial charge in [-0.3, -0.25) is 14.4 Å². The van der Waals surface area contributed by atoms with Crippen LogP contribution in [-0.4, -0.2) is 29.3 Å². The molecule has 2 aromatic carbocycles. The van der Waals surface area contributed by atoms with Crippen LogP contribution in [0.15, 0.2) is 36.4 Å². The molecule has 8 heteroatoms. The number of benzene rings is 2. The Morgan fingerprint density at radius 3 is 2.58 bits per heavy atom. The summed E-state index contributed by atoms with van der Waals surface area (Å²) >= 11 is 0. The van der Waals surface area contributed by atoms with E-state index in [1.165, 1.54) is 12.1 Å². The Labute approximate surface area is 206 Å². The lowest BCUT2D eigenvalue weighted by molar-refractivity contribution is -0.143. The minimum Gasteiger partial charge on any atom is -0.466 e. The number of rotatable bonds is 6. The summed E-state index contributed by atoms with van der Waals surface area (Å²) in [6.45, 7) is 2.02. The van der Waals surface area contributed by atoms with Crippen LogP contribution < -0.4 is 5.32 Å². The lowest BCUT2D eigenvalue weighted by Gasteiger charge is -2.11. The zero-order chi connectivity index (χ0) is 25.4. The number of halogens is 2. The zero-order valence-electron chi connectivity index (χ0n) is 19.7. The van der Waals surface area contributed by atoms with Crippen LogP contribution in [-0.2, 0) is 27.2 Å². The highest BCUT2D eigenvalue weighted by molar-refractivity contribution is 6.35. The number of hydrogen-bond donors (Lipinski definition) is 2. The maximum Gasteiger partial charge on any atom is 0.306 e. The van der Waals surface area contributed by atoms with Gasteiger partial charge in [0.05, 0.1) is 12.2 Å². The first-order valence-corrected chi connectivity index (χ1v) is 11.9. The zero-order valence-corrected chi connectivity index (χ0v) is 19.7. The molecule has 2 heterocycles. The van der Waals surface area contributed by atoms with E-state index in [1.807, 2.05) is 0 Å². The minimum absolute atomic E-state index is 0.0271. The van der Waals surface area contributed by atoms with Crippen molar-refractivity contribution in [3.8, 4) is 11.1 Å². The van der Waals surface area contributed by atoms with Gasteiger partial charge < -0.3 is 15.0 Å². The van der Waals surface area contributed by atoms with Crippen LogP contribution >= 0.6 is 0 Å². The second-order valence-electron chi connectivity index (χ2n) is 8.88. The molecule has 3 aromatic rings. The van der Waals surface area contributed by atoms with Crippen molar-refractivity contribution in [2.45, 2.75) is 39.0 Å². The van der Waals surface area contributed by atoms with E-state index in [0.717, 1.165) is 18.2 Å². The van der Waals surface area contributed by atoms with Gasteiger partial charge in [0.25, 0.3) is 5.91 Å². The summed E-state index contributed by atoms with van der Waals surface area (Å²) < 4.78 is 32.4. The number of anilines is 1. The molecule has 1 amide bonds. The molecule has 0 saturated heterocycles. The molecule has 0 radical (unpaired) electrons. The highest BCUT2D eigenvalue weighted by Crippen LogP contribution is 2.38. The highest BCUT2D eigenvalue weighted by atomic mass is 19.1. The number of aryl methyl sites for hydroxylation is 1. The topological polar surface area (TPSA) is 88.3 Å². The third kappa shape index (κ3) is 4.46. The van der Waals surface area contributed by atoms with Crippen LogP contribution in [0.1, 0.15) is 59.1 Å². The average molecular weight is 491 g/mol. The van der Waals surface area contributed by atoms with Gasteiger partial charge in [-0.15, -0.1) is 0 Å². The van der Waals surface area contributed by atoms with Crippen molar-refractivity contribution in [3.63, 3.8) is 0 Å². The predicted octanol–water partition coefficient (Wildman–Crippen LogP) is 5.47. The normalized spacial score (nSPS) is 15.6. The van der Waals surface area contributed by atoms with Crippen molar-refractivity contribution >= 4 is 35.0 Å². The van der Waals surface area contributed by atoms with E-state index < -0.39 is 11.6 Å². The van der Waals surface area contributed by atoms with Crippen LogP contribution in [0.25, 0.3) is 22.8 Å². The Morgan fingerprint density at radius 2 is 1.83 bits per heavy atom. The third-order valence-corrected chi connectivity index (χ3v) is 6.50. The Balaban J connectivity index is 1.53. The number of aromatic amines is 1. The Hall–Kier alpha value is -4.07. The number of carbonyl (C=O) groups is 3. The van der Waals surface area contributed by atoms with Crippen LogP contribution in [0.5, 0.6) is 0 Å². The van der Waals surface area contributed by atoms with Crippen LogP contribution in [0.3, 0.4) is 0 Å². The summed E-state index contributed by atoms with van der Waals surface area (Å²) in [6.07, 6.45) is 4.04. The number of Topliss-reactive ketones (excluding diaryl/α,β-unsaturated/α-hetero) is 1. The number of H-pyrrole nitrogens is 1. The Kier molecular flexibility index (Phi) is 6.26. The van der Waals surface area contributed by atoms with E-state index in [0.29, 0.717) is 64.0 Å². The number of fused-ring (bicyclic) bond motifs is 2. The summed E-state index contributed by atoms with van der Waals surface area (Å²) in [6, 6.07) is 8.37. The first-order chi connectivity index (χ1) is 17.3. The molecular formula is C28H24F2N2O4. The van der Waals surface area contributed by atoms with Crippen LogP contribution in [0.4, 0.5) is 14.5 Å². The number of carbonyl (C=O) groups excluding carboxylic acids is 3. The molecule has 1 aromatic heterocycles. The van der Waals surface area contributed by atoms with Gasteiger partial charge in [-0.05, 0) is 67.2 Å². The van der Waals surface area contributed by atoms with Crippen molar-refractivity contribution in [1.29, 1.82) is 0 Å². The molecule has 0 spiro atoms. The fourth-order valence-corrected chi connectivity index (χ4v) is 4.92. The van der Waals surface area contributed by atoms with Gasteiger partial charge in [0.15, 0.2) is 5.78 Å². The lowest BCUT2D eigenvalue weighted by atomic mass is 9.91. The van der Waals surface area contributed by atoms with Crippen molar-refractivity contribution in [2.75, 3.05) is 11.9 Å². The van der Waals surface area contributed by atoms with E-state index in [-0.39, 0.29) is 30.7 Å². The van der Waals surface area contributed by atoms with Gasteiger partial charge in [0.1, 0.15) is 11.6 Å². The molecule has 0 atom stereocenters. The molecule has 0 unspecified atom stereocenters. The molecule has 1 aliphatic heterocycles. The molecule has 0 fully saturated rings. The van der Waals surface area contributed by atoms with Crippen molar-refractivity contribution in [3.05, 3.63) is 76.1 Å². The summed E-state index contributed by atoms with van der Waals surface area (Å²) in [7, 11) is 0. The van der Waals surface area contributed by atoms with Gasteiger partial charge in [-0.1, -0.05) is 12.1 Å². The Bertz CT molecular complexity index is 1420. The largest absolute Gasteiger partial charge is 0.466 e. The monoisotopic (exact) mass is 490 g/mol. The molecule has 6 nitrogen and oxygen atoms in total. The quantitative estimate of drug-likeness (QED) is 0.354. The summed E-state index contributed by atoms with van der Waals surface area (Å²) in [5.74, 6) is -2.02. The number of aromatic nitrogens is 1. The minimum atomic E-state index is -0.685. The maximum atomic E-state index is 13.7. The van der Waals surface area contributed by atoms with E-state index in [4.69, 9.17) is 4.74 Å². The summed E-state index contributed by atoms with van der Waals surface area (Å²) in [5, 5.41) is 2.81. The van der Waals surface area contributed by atoms with E-state index in [2.05, 4.69) is 10.3 Å². The molecule has 1 aliphatic carbocycles. The SMILES string of the molecule is CCOC(=O)CCc1c(/C=C2\C(=O)Nc3cc(-c4cc(F)cc(F)c4)ccc32)[nH]c2c1C(=O)CCC2. The number of ketones is 1. The fraction of sp³-hybridized carbons (Fsp3) is 0.250. The number of hydrogen-bond acceptors (Lipinski definition) is 4. The number of ether oxygens (including phenoxy) is 1. The molecular weight excluding hydrogens is 466 g/mol. The maximum absolute atomic E-state index is 13.7. The highest BCUT2D eigenvalue weighted by Gasteiger charge is 2.29. The fourth-order valence-electron chi connectivity index (χ4n) is 4.92. The van der Waals surface area contributed by atoms with E-state index in [9.17, 15) is 23.2 Å². The van der Waals surface area contributed by atoms with E-state index >= 15 is 0 Å². The molecule has 184 valence electrons. The van der Waals surface area contributed by atoms with Crippen LogP contribution in [0.2, 0.25) is 0 Å². The number of nitrogens with one attached hydrogen (secondary N) is 2. The van der Waals surface area contributed by atoms with Gasteiger partial charge in [-0.25, -0.2) is 8.78 Å². The number of esters is 1. The Morgan fingerprint density at radius 1 is 1.06 bits per heavy atom. The summed E-state index contributed by atoms with van der Waals surface area (Å²) in [5.41, 5.74) is 5.23. The molecule has 0 saturated carbocycles. The lowest BCUT2D eigenvalue weighted by Crippen LogP contribution is -2.12. The van der Waals surface area contributed by atoms with Crippen molar-refractivity contribution in [1.82, 2.24) is 4.98 Å². The van der Waals surface area contributed by atoms with Gasteiger partial charge in [-0.2, -0.15) is 0 Å². The molecule has 36 heavy (non-hydrogen) atoms. The van der Waals surface area contributed by atoms with Crippen LogP contribution in [0, 0.1) is 11.6 Å². The second kappa shape index (κ2) is 9.53.